The van der Waals surface area contributed by atoms with Crippen LogP contribution in [0.25, 0.3) is 16.3 Å². The van der Waals surface area contributed by atoms with Crippen LogP contribution in [0.5, 0.6) is 0 Å². The van der Waals surface area contributed by atoms with E-state index in [4.69, 9.17) is 4.18 Å². The molecule has 0 aliphatic carbocycles. The number of fused-ring (bicyclic) bond motifs is 1. The summed E-state index contributed by atoms with van der Waals surface area (Å²) in [7, 11) is -4.72. The molecule has 4 aromatic rings. The molecule has 0 spiro atoms. The molecule has 164 valence electrons. The molecule has 0 atom stereocenters. The topological polar surface area (TPSA) is 43.4 Å². The molecule has 0 bridgehead atoms. The number of alkyl halides is 3. The average Bonchev–Trinajstić information content (AvgIpc) is 3.27. The summed E-state index contributed by atoms with van der Waals surface area (Å²) in [6.45, 7) is 1.74. The Kier molecular flexibility index (Phi) is 5.83. The predicted octanol–water partition coefficient (Wildman–Crippen LogP) is 6.94. The van der Waals surface area contributed by atoms with Gasteiger partial charge in [-0.2, -0.15) is 32.9 Å². The lowest BCUT2D eigenvalue weighted by atomic mass is 9.96. The Morgan fingerprint density at radius 1 is 0.875 bits per heavy atom. The van der Waals surface area contributed by atoms with Crippen LogP contribution >= 0.6 is 11.3 Å². The lowest BCUT2D eigenvalue weighted by Gasteiger charge is -2.19. The van der Waals surface area contributed by atoms with Gasteiger partial charge in [0.15, 0.2) is 0 Å². The molecule has 0 saturated carbocycles. The van der Waals surface area contributed by atoms with Crippen molar-refractivity contribution in [1.82, 2.24) is 0 Å². The highest BCUT2D eigenvalue weighted by atomic mass is 32.2. The Morgan fingerprint density at radius 2 is 1.56 bits per heavy atom. The zero-order chi connectivity index (χ0) is 22.9. The monoisotopic (exact) mass is 474 g/mol. The summed E-state index contributed by atoms with van der Waals surface area (Å²) in [6, 6.07) is 19.0. The maximum Gasteiger partial charge on any atom is 0.451 e. The van der Waals surface area contributed by atoms with Gasteiger partial charge in [0, 0.05) is 5.57 Å². The Bertz CT molecular complexity index is 1390. The molecule has 1 heterocycles. The maximum atomic E-state index is 14.2. The van der Waals surface area contributed by atoms with Crippen LogP contribution in [-0.4, -0.2) is 14.6 Å². The zero-order valence-electron chi connectivity index (χ0n) is 16.8. The van der Waals surface area contributed by atoms with Gasteiger partial charge in [-0.1, -0.05) is 54.1 Å². The van der Waals surface area contributed by atoms with Crippen LogP contribution in [0.3, 0.4) is 0 Å². The molecule has 0 amide bonds. The summed E-state index contributed by atoms with van der Waals surface area (Å²) in [6.07, 6.45) is -5.05. The quantitative estimate of drug-likeness (QED) is 0.233. The van der Waals surface area contributed by atoms with Crippen LogP contribution in [0.15, 0.2) is 94.2 Å². The van der Waals surface area contributed by atoms with E-state index < -0.39 is 22.1 Å². The molecule has 1 aromatic heterocycles. The van der Waals surface area contributed by atoms with Gasteiger partial charge in [0.05, 0.1) is 0 Å². The van der Waals surface area contributed by atoms with E-state index in [0.717, 1.165) is 16.3 Å². The minimum atomic E-state index is -5.05. The van der Waals surface area contributed by atoms with E-state index in [1.54, 1.807) is 36.6 Å². The second-order valence-electron chi connectivity index (χ2n) is 7.13. The highest BCUT2D eigenvalue weighted by Gasteiger charge is 2.43. The molecule has 4 rings (SSSR count). The van der Waals surface area contributed by atoms with Crippen molar-refractivity contribution in [2.24, 2.45) is 0 Å². The Labute approximate surface area is 187 Å². The smallest absolute Gasteiger partial charge is 0.373 e. The first-order chi connectivity index (χ1) is 15.1. The fourth-order valence-corrected chi connectivity index (χ4v) is 4.88. The molecule has 0 saturated heterocycles. The summed E-state index contributed by atoms with van der Waals surface area (Å²) < 4.78 is 73.0. The van der Waals surface area contributed by atoms with Crippen LogP contribution in [0.1, 0.15) is 16.7 Å². The SMILES string of the molecule is Cc1ccc(S(=O)(=O)O/C(=C(/c2ccsc2)c2ccc3ccccc3c2)C(F)(F)F)cc1. The van der Waals surface area contributed by atoms with Gasteiger partial charge in [-0.25, -0.2) is 0 Å². The molecular weight excluding hydrogens is 457 g/mol. The van der Waals surface area contributed by atoms with Crippen LogP contribution in [0.4, 0.5) is 13.2 Å². The summed E-state index contributed by atoms with van der Waals surface area (Å²) >= 11 is 1.20. The number of aryl methyl sites for hydroxylation is 1. The molecule has 3 aromatic carbocycles. The normalized spacial score (nSPS) is 13.1. The van der Waals surface area contributed by atoms with Gasteiger partial charge in [-0.05, 0) is 63.8 Å². The third-order valence-electron chi connectivity index (χ3n) is 4.84. The molecule has 0 aliphatic heterocycles. The molecule has 0 N–H and O–H groups in total. The van der Waals surface area contributed by atoms with Crippen LogP contribution < -0.4 is 0 Å². The van der Waals surface area contributed by atoms with E-state index in [2.05, 4.69) is 0 Å². The first kappa shape index (κ1) is 22.1. The molecule has 0 unspecified atom stereocenters. The number of hydrogen-bond acceptors (Lipinski definition) is 4. The minimum absolute atomic E-state index is 0.202. The Morgan fingerprint density at radius 3 is 2.19 bits per heavy atom. The second-order valence-corrected chi connectivity index (χ2v) is 9.45. The van der Waals surface area contributed by atoms with Crippen molar-refractivity contribution in [3.63, 3.8) is 0 Å². The maximum absolute atomic E-state index is 14.2. The van der Waals surface area contributed by atoms with Crippen LogP contribution in [-0.2, 0) is 14.3 Å². The number of hydrogen-bond donors (Lipinski definition) is 0. The van der Waals surface area contributed by atoms with Crippen molar-refractivity contribution in [1.29, 1.82) is 0 Å². The van der Waals surface area contributed by atoms with Crippen molar-refractivity contribution in [2.45, 2.75) is 18.0 Å². The van der Waals surface area contributed by atoms with Crippen molar-refractivity contribution in [3.8, 4) is 0 Å². The number of rotatable bonds is 5. The van der Waals surface area contributed by atoms with E-state index >= 15 is 0 Å². The minimum Gasteiger partial charge on any atom is -0.373 e. The average molecular weight is 475 g/mol. The molecule has 0 aliphatic rings. The molecule has 0 radical (unpaired) electrons. The third-order valence-corrected chi connectivity index (χ3v) is 6.75. The molecule has 0 fully saturated rings. The lowest BCUT2D eigenvalue weighted by molar-refractivity contribution is -0.114. The third kappa shape index (κ3) is 4.56. The van der Waals surface area contributed by atoms with Crippen molar-refractivity contribution >= 4 is 37.8 Å². The Balaban J connectivity index is 1.94. The van der Waals surface area contributed by atoms with Crippen molar-refractivity contribution < 1.29 is 25.8 Å². The summed E-state index contributed by atoms with van der Waals surface area (Å²) in [4.78, 5) is -0.354. The second kappa shape index (κ2) is 8.44. The van der Waals surface area contributed by atoms with Crippen LogP contribution in [0.2, 0.25) is 0 Å². The van der Waals surface area contributed by atoms with E-state index in [9.17, 15) is 21.6 Å². The van der Waals surface area contributed by atoms with E-state index in [1.165, 1.54) is 53.1 Å². The van der Waals surface area contributed by atoms with Gasteiger partial charge in [0.1, 0.15) is 4.90 Å². The van der Waals surface area contributed by atoms with Crippen LogP contribution in [0, 0.1) is 6.92 Å². The van der Waals surface area contributed by atoms with Gasteiger partial charge < -0.3 is 4.18 Å². The summed E-state index contributed by atoms with van der Waals surface area (Å²) in [5.74, 6) is -1.58. The summed E-state index contributed by atoms with van der Waals surface area (Å²) in [5, 5.41) is 4.72. The fourth-order valence-electron chi connectivity index (χ4n) is 3.27. The largest absolute Gasteiger partial charge is 0.451 e. The first-order valence-corrected chi connectivity index (χ1v) is 11.8. The number of thiophene rings is 1. The molecule has 32 heavy (non-hydrogen) atoms. The number of allylic oxidation sites excluding steroid dienone is 1. The van der Waals surface area contributed by atoms with Gasteiger partial charge in [-0.15, -0.1) is 0 Å². The van der Waals surface area contributed by atoms with E-state index in [0.29, 0.717) is 0 Å². The van der Waals surface area contributed by atoms with Crippen molar-refractivity contribution in [3.05, 3.63) is 106 Å². The van der Waals surface area contributed by atoms with Gasteiger partial charge in [0.25, 0.3) is 0 Å². The number of halogens is 3. The highest BCUT2D eigenvalue weighted by Crippen LogP contribution is 2.40. The fraction of sp³-hybridized carbons (Fsp3) is 0.0833. The molecule has 3 nitrogen and oxygen atoms in total. The van der Waals surface area contributed by atoms with Gasteiger partial charge in [0.2, 0.25) is 5.76 Å². The van der Waals surface area contributed by atoms with Gasteiger partial charge >= 0.3 is 16.3 Å². The first-order valence-electron chi connectivity index (χ1n) is 9.49. The predicted molar refractivity (Wildman–Crippen MR) is 120 cm³/mol. The highest BCUT2D eigenvalue weighted by molar-refractivity contribution is 7.86. The number of benzene rings is 3. The Hall–Kier alpha value is -3.10. The zero-order valence-corrected chi connectivity index (χ0v) is 18.4. The lowest BCUT2D eigenvalue weighted by Crippen LogP contribution is -2.21. The molecular formula is C24H17F3O3S2. The van der Waals surface area contributed by atoms with E-state index in [1.807, 2.05) is 12.1 Å². The standard InChI is InChI=1S/C24H17F3O3S2/c1-16-6-10-21(11-7-16)32(28,29)30-23(24(25,26)27)22(20-12-13-31-15-20)19-9-8-17-4-2-3-5-18(17)14-19/h2-15H,1H3/b23-22+. The van der Waals surface area contributed by atoms with Gasteiger partial charge in [-0.3, -0.25) is 0 Å². The molecule has 8 heteroatoms. The van der Waals surface area contributed by atoms with E-state index in [-0.39, 0.29) is 21.6 Å². The summed E-state index contributed by atoms with van der Waals surface area (Å²) in [5.41, 5.74) is 0.857. The van der Waals surface area contributed by atoms with Crippen molar-refractivity contribution in [2.75, 3.05) is 0 Å².